The Kier molecular flexibility index (Phi) is 5.62. The van der Waals surface area contributed by atoms with Gasteiger partial charge >= 0.3 is 7.32 Å². The van der Waals surface area contributed by atoms with Crippen molar-refractivity contribution in [1.82, 2.24) is 0 Å². The molecule has 0 aliphatic rings. The van der Waals surface area contributed by atoms with E-state index in [-0.39, 0.29) is 0 Å². The van der Waals surface area contributed by atoms with Gasteiger partial charge in [0.05, 0.1) is 0 Å². The quantitative estimate of drug-likeness (QED) is 0.383. The molecule has 5 heteroatoms. The molecule has 0 amide bonds. The molecule has 0 saturated heterocycles. The first-order valence-electron chi connectivity index (χ1n) is 9.51. The molecule has 4 rings (SSSR count). The molecule has 0 fully saturated rings. The highest BCUT2D eigenvalue weighted by Gasteiger charge is 2.41. The van der Waals surface area contributed by atoms with E-state index in [4.69, 9.17) is 4.65 Å². The van der Waals surface area contributed by atoms with Gasteiger partial charge in [-0.3, -0.25) is 0 Å². The van der Waals surface area contributed by atoms with E-state index in [0.717, 1.165) is 5.19 Å². The van der Waals surface area contributed by atoms with Gasteiger partial charge in [0.25, 0.3) is 0 Å². The minimum Gasteiger partial charge on any atom is -0.512 e. The van der Waals surface area contributed by atoms with Crippen LogP contribution < -0.4 is 25.4 Å². The van der Waals surface area contributed by atoms with Gasteiger partial charge in [0.15, 0.2) is 8.07 Å². The predicted octanol–water partition coefficient (Wildman–Crippen LogP) is 1.41. The SMILES string of the molecule is OB(O)Oc1cccc([Si](c2ccccc2)(c2ccccc2)c2ccccc2)c1. The summed E-state index contributed by atoms with van der Waals surface area (Å²) in [6, 6.07) is 39.3. The lowest BCUT2D eigenvalue weighted by Gasteiger charge is -2.34. The standard InChI is InChI=1S/C24H21BO3Si/c26-25(27)28-20-11-10-18-24(19-20)29(21-12-4-1-5-13-21,22-14-6-2-7-15-22)23-16-8-3-9-17-23/h1-19,26-27H. The number of rotatable bonds is 6. The average molecular weight is 396 g/mol. The highest BCUT2D eigenvalue weighted by Crippen LogP contribution is 2.14. The first-order chi connectivity index (χ1) is 14.2. The lowest BCUT2D eigenvalue weighted by molar-refractivity contribution is 0.288. The molecule has 0 unspecified atom stereocenters. The molecule has 0 aromatic heterocycles. The normalized spacial score (nSPS) is 11.1. The summed E-state index contributed by atoms with van der Waals surface area (Å²) < 4.78 is 5.19. The molecule has 0 aliphatic carbocycles. The molecule has 0 heterocycles. The third kappa shape index (κ3) is 3.76. The molecule has 0 atom stereocenters. The Morgan fingerprint density at radius 1 is 0.517 bits per heavy atom. The number of hydrogen-bond donors (Lipinski definition) is 2. The van der Waals surface area contributed by atoms with Crippen molar-refractivity contribution in [3.05, 3.63) is 115 Å². The maximum atomic E-state index is 9.30. The minimum atomic E-state index is -2.63. The number of benzene rings is 4. The monoisotopic (exact) mass is 396 g/mol. The van der Waals surface area contributed by atoms with E-state index in [0.29, 0.717) is 5.75 Å². The first-order valence-corrected chi connectivity index (χ1v) is 11.5. The van der Waals surface area contributed by atoms with Gasteiger partial charge in [-0.25, -0.2) is 0 Å². The lowest BCUT2D eigenvalue weighted by Crippen LogP contribution is -2.74. The maximum Gasteiger partial charge on any atom is 0.707 e. The summed E-state index contributed by atoms with van der Waals surface area (Å²) in [4.78, 5) is 0. The Morgan fingerprint density at radius 2 is 0.931 bits per heavy atom. The van der Waals surface area contributed by atoms with Gasteiger partial charge in [-0.15, -0.1) is 0 Å². The van der Waals surface area contributed by atoms with E-state index in [2.05, 4.69) is 78.9 Å². The molecule has 0 radical (unpaired) electrons. The van der Waals surface area contributed by atoms with E-state index in [9.17, 15) is 10.0 Å². The summed E-state index contributed by atoms with van der Waals surface area (Å²) in [6.45, 7) is 0. The first kappa shape index (κ1) is 19.2. The van der Waals surface area contributed by atoms with Crippen LogP contribution in [0.2, 0.25) is 0 Å². The van der Waals surface area contributed by atoms with Crippen molar-refractivity contribution >= 4 is 36.1 Å². The second-order valence-corrected chi connectivity index (χ2v) is 10.6. The summed E-state index contributed by atoms with van der Waals surface area (Å²) in [7, 11) is -4.48. The zero-order valence-corrected chi connectivity index (χ0v) is 16.8. The fourth-order valence-electron chi connectivity index (χ4n) is 3.99. The van der Waals surface area contributed by atoms with E-state index < -0.39 is 15.4 Å². The van der Waals surface area contributed by atoms with E-state index in [1.807, 2.05) is 30.3 Å². The second-order valence-electron chi connectivity index (χ2n) is 6.82. The average Bonchev–Trinajstić information content (AvgIpc) is 2.77. The van der Waals surface area contributed by atoms with Gasteiger partial charge in [-0.2, -0.15) is 0 Å². The highest BCUT2D eigenvalue weighted by molar-refractivity contribution is 7.19. The molecular formula is C24H21BO3Si. The third-order valence-electron chi connectivity index (χ3n) is 5.13. The zero-order valence-electron chi connectivity index (χ0n) is 15.8. The molecule has 29 heavy (non-hydrogen) atoms. The van der Waals surface area contributed by atoms with Crippen molar-refractivity contribution in [1.29, 1.82) is 0 Å². The summed E-state index contributed by atoms with van der Waals surface area (Å²) in [6.07, 6.45) is 0. The van der Waals surface area contributed by atoms with Crippen LogP contribution >= 0.6 is 0 Å². The minimum absolute atomic E-state index is 0.428. The van der Waals surface area contributed by atoms with Crippen LogP contribution in [0.4, 0.5) is 0 Å². The van der Waals surface area contributed by atoms with Crippen LogP contribution in [0, 0.1) is 0 Å². The Labute approximate surface area is 172 Å². The van der Waals surface area contributed by atoms with E-state index in [1.54, 1.807) is 6.07 Å². The van der Waals surface area contributed by atoms with Gasteiger partial charge in [-0.05, 0) is 32.9 Å². The summed E-state index contributed by atoms with van der Waals surface area (Å²) in [5.41, 5.74) is 0. The molecule has 0 aliphatic heterocycles. The second kappa shape index (κ2) is 8.49. The van der Waals surface area contributed by atoms with Crippen molar-refractivity contribution < 1.29 is 14.7 Å². The van der Waals surface area contributed by atoms with Crippen LogP contribution in [-0.4, -0.2) is 25.4 Å². The molecule has 4 aromatic carbocycles. The Morgan fingerprint density at radius 3 is 1.34 bits per heavy atom. The molecule has 3 nitrogen and oxygen atoms in total. The molecule has 0 spiro atoms. The fraction of sp³-hybridized carbons (Fsp3) is 0. The molecule has 2 N–H and O–H groups in total. The van der Waals surface area contributed by atoms with Crippen LogP contribution in [0.15, 0.2) is 115 Å². The Balaban J connectivity index is 2.06. The van der Waals surface area contributed by atoms with Gasteiger partial charge in [-0.1, -0.05) is 103 Å². The van der Waals surface area contributed by atoms with Crippen molar-refractivity contribution in [2.45, 2.75) is 0 Å². The van der Waals surface area contributed by atoms with Gasteiger partial charge in [0.2, 0.25) is 0 Å². The van der Waals surface area contributed by atoms with Gasteiger partial charge in [0, 0.05) is 0 Å². The molecule has 4 aromatic rings. The zero-order chi connectivity index (χ0) is 20.1. The Hall–Kier alpha value is -3.12. The van der Waals surface area contributed by atoms with Crippen LogP contribution in [0.5, 0.6) is 5.75 Å². The fourth-order valence-corrected chi connectivity index (χ4v) is 8.77. The van der Waals surface area contributed by atoms with E-state index >= 15 is 0 Å². The van der Waals surface area contributed by atoms with E-state index in [1.165, 1.54) is 15.6 Å². The molecule has 0 saturated carbocycles. The van der Waals surface area contributed by atoms with Crippen molar-refractivity contribution in [2.75, 3.05) is 0 Å². The summed E-state index contributed by atoms with van der Waals surface area (Å²) in [5, 5.41) is 23.4. The smallest absolute Gasteiger partial charge is 0.512 e. The van der Waals surface area contributed by atoms with Crippen LogP contribution in [0.1, 0.15) is 0 Å². The van der Waals surface area contributed by atoms with Gasteiger partial charge in [0.1, 0.15) is 5.75 Å². The predicted molar refractivity (Wildman–Crippen MR) is 121 cm³/mol. The van der Waals surface area contributed by atoms with Crippen LogP contribution in [0.25, 0.3) is 0 Å². The van der Waals surface area contributed by atoms with Gasteiger partial charge < -0.3 is 14.7 Å². The lowest BCUT2D eigenvalue weighted by atomic mass is 10.2. The largest absolute Gasteiger partial charge is 0.707 e. The summed E-state index contributed by atoms with van der Waals surface area (Å²) in [5.74, 6) is 0.428. The number of hydrogen-bond acceptors (Lipinski definition) is 3. The molecule has 142 valence electrons. The third-order valence-corrected chi connectivity index (χ3v) is 9.90. The Bertz CT molecular complexity index is 960. The topological polar surface area (TPSA) is 49.7 Å². The van der Waals surface area contributed by atoms with Crippen molar-refractivity contribution in [2.24, 2.45) is 0 Å². The van der Waals surface area contributed by atoms with Crippen LogP contribution in [0.3, 0.4) is 0 Å². The molecule has 0 bridgehead atoms. The molecular weight excluding hydrogens is 375 g/mol. The van der Waals surface area contributed by atoms with Crippen LogP contribution in [-0.2, 0) is 0 Å². The maximum absolute atomic E-state index is 9.30. The van der Waals surface area contributed by atoms with Crippen molar-refractivity contribution in [3.63, 3.8) is 0 Å². The van der Waals surface area contributed by atoms with Crippen molar-refractivity contribution in [3.8, 4) is 5.75 Å². The highest BCUT2D eigenvalue weighted by atomic mass is 28.3. The summed E-state index contributed by atoms with van der Waals surface area (Å²) >= 11 is 0.